The normalized spacial score (nSPS) is 19.5. The fourth-order valence-electron chi connectivity index (χ4n) is 3.69. The average Bonchev–Trinajstić information content (AvgIpc) is 2.63. The Morgan fingerprint density at radius 3 is 2.36 bits per heavy atom. The molecule has 1 aromatic carbocycles. The number of likely N-dealkylation sites (tertiary alicyclic amines) is 1. The summed E-state index contributed by atoms with van der Waals surface area (Å²) in [5, 5.41) is 3.28. The average molecular weight is 370 g/mol. The van der Waals surface area contributed by atoms with Crippen LogP contribution in [0.1, 0.15) is 24.8 Å². The van der Waals surface area contributed by atoms with Gasteiger partial charge in [-0.2, -0.15) is 0 Å². The maximum absolute atomic E-state index is 13.0. The lowest BCUT2D eigenvalue weighted by Gasteiger charge is -2.33. The Kier molecular flexibility index (Phi) is 8.13. The first-order valence-electron chi connectivity index (χ1n) is 9.16. The first-order chi connectivity index (χ1) is 11.7. The van der Waals surface area contributed by atoms with E-state index in [-0.39, 0.29) is 18.2 Å². The van der Waals surface area contributed by atoms with Gasteiger partial charge in [-0.05, 0) is 56.0 Å². The van der Waals surface area contributed by atoms with Crippen molar-refractivity contribution >= 4 is 18.3 Å². The second-order valence-electron chi connectivity index (χ2n) is 7.00. The number of halogens is 2. The monoisotopic (exact) mass is 369 g/mol. The van der Waals surface area contributed by atoms with Gasteiger partial charge in [0.25, 0.3) is 0 Å². The quantitative estimate of drug-likeness (QED) is 0.865. The van der Waals surface area contributed by atoms with Crippen LogP contribution in [0.3, 0.4) is 0 Å². The van der Waals surface area contributed by atoms with E-state index in [0.717, 1.165) is 52.2 Å². The lowest BCUT2D eigenvalue weighted by molar-refractivity contribution is -0.132. The van der Waals surface area contributed by atoms with E-state index in [4.69, 9.17) is 0 Å². The predicted molar refractivity (Wildman–Crippen MR) is 101 cm³/mol. The molecule has 2 fully saturated rings. The van der Waals surface area contributed by atoms with Crippen LogP contribution >= 0.6 is 12.4 Å². The van der Waals surface area contributed by atoms with Gasteiger partial charge in [0.1, 0.15) is 5.82 Å². The molecule has 0 bridgehead atoms. The van der Waals surface area contributed by atoms with Crippen molar-refractivity contribution in [2.45, 2.75) is 25.7 Å². The van der Waals surface area contributed by atoms with Crippen molar-refractivity contribution in [3.8, 4) is 0 Å². The third kappa shape index (κ3) is 6.24. The maximum atomic E-state index is 13.0. The van der Waals surface area contributed by atoms with E-state index >= 15 is 0 Å². The van der Waals surface area contributed by atoms with Gasteiger partial charge in [0.15, 0.2) is 0 Å². The van der Waals surface area contributed by atoms with Gasteiger partial charge in [-0.3, -0.25) is 4.79 Å². The number of piperazine rings is 1. The summed E-state index contributed by atoms with van der Waals surface area (Å²) in [4.78, 5) is 16.6. The summed E-state index contributed by atoms with van der Waals surface area (Å²) in [6, 6.07) is 6.89. The maximum Gasteiger partial charge on any atom is 0.223 e. The highest BCUT2D eigenvalue weighted by atomic mass is 35.5. The first-order valence-corrected chi connectivity index (χ1v) is 9.16. The lowest BCUT2D eigenvalue weighted by Crippen LogP contribution is -2.47. The van der Waals surface area contributed by atoms with Gasteiger partial charge in [0.05, 0.1) is 0 Å². The summed E-state index contributed by atoms with van der Waals surface area (Å²) in [5.41, 5.74) is 1.23. The van der Waals surface area contributed by atoms with Gasteiger partial charge in [-0.15, -0.1) is 12.4 Å². The predicted octanol–water partition coefficient (Wildman–Crippen LogP) is 2.32. The molecule has 0 aromatic heterocycles. The Morgan fingerprint density at radius 2 is 1.72 bits per heavy atom. The summed E-state index contributed by atoms with van der Waals surface area (Å²) in [7, 11) is 0. The third-order valence-corrected chi connectivity index (χ3v) is 5.26. The second-order valence-corrected chi connectivity index (χ2v) is 7.00. The number of piperidine rings is 1. The zero-order valence-electron chi connectivity index (χ0n) is 14.8. The molecule has 2 aliphatic heterocycles. The molecule has 1 aromatic rings. The van der Waals surface area contributed by atoms with Crippen molar-refractivity contribution < 1.29 is 9.18 Å². The van der Waals surface area contributed by atoms with Crippen molar-refractivity contribution in [3.63, 3.8) is 0 Å². The zero-order chi connectivity index (χ0) is 16.8. The molecule has 4 nitrogen and oxygen atoms in total. The van der Waals surface area contributed by atoms with Gasteiger partial charge >= 0.3 is 0 Å². The Morgan fingerprint density at radius 1 is 1.08 bits per heavy atom. The Bertz CT molecular complexity index is 526. The highest BCUT2D eigenvalue weighted by molar-refractivity contribution is 5.85. The molecule has 3 rings (SSSR count). The van der Waals surface area contributed by atoms with Gasteiger partial charge in [0.2, 0.25) is 5.91 Å². The molecule has 2 aliphatic rings. The third-order valence-electron chi connectivity index (χ3n) is 5.26. The number of nitrogens with one attached hydrogen (secondary N) is 1. The van der Waals surface area contributed by atoms with Crippen LogP contribution in [-0.2, 0) is 11.2 Å². The van der Waals surface area contributed by atoms with Crippen LogP contribution in [0.15, 0.2) is 24.3 Å². The van der Waals surface area contributed by atoms with E-state index in [1.165, 1.54) is 18.4 Å². The molecule has 0 saturated carbocycles. The molecule has 6 heteroatoms. The molecular weight excluding hydrogens is 341 g/mol. The molecule has 0 atom stereocenters. The number of nitrogens with zero attached hydrogens (tertiary/aromatic N) is 2. The van der Waals surface area contributed by atoms with Crippen molar-refractivity contribution in [2.75, 3.05) is 45.8 Å². The minimum absolute atomic E-state index is 0. The molecule has 0 radical (unpaired) electrons. The summed E-state index contributed by atoms with van der Waals surface area (Å²) in [6.07, 6.45) is 4.01. The van der Waals surface area contributed by atoms with Crippen LogP contribution in [0.5, 0.6) is 0 Å². The van der Waals surface area contributed by atoms with Crippen molar-refractivity contribution in [1.29, 1.82) is 0 Å². The molecule has 1 amide bonds. The molecule has 1 N–H and O–H groups in total. The van der Waals surface area contributed by atoms with Crippen molar-refractivity contribution in [1.82, 2.24) is 15.1 Å². The van der Waals surface area contributed by atoms with Gasteiger partial charge in [-0.1, -0.05) is 12.1 Å². The Hall–Kier alpha value is -1.17. The first kappa shape index (κ1) is 20.1. The minimum atomic E-state index is -0.164. The molecule has 0 unspecified atom stereocenters. The Balaban J connectivity index is 0.00000225. The number of benzene rings is 1. The number of carbonyl (C=O) groups is 1. The summed E-state index contributed by atoms with van der Waals surface area (Å²) < 4.78 is 13.0. The van der Waals surface area contributed by atoms with Crippen molar-refractivity contribution in [2.24, 2.45) is 5.92 Å². The van der Waals surface area contributed by atoms with Crippen molar-refractivity contribution in [3.05, 3.63) is 35.6 Å². The summed E-state index contributed by atoms with van der Waals surface area (Å²) >= 11 is 0. The highest BCUT2D eigenvalue weighted by Crippen LogP contribution is 2.22. The van der Waals surface area contributed by atoms with E-state index in [1.54, 1.807) is 12.1 Å². The SMILES string of the molecule is Cl.O=C(CCN1CCC(Cc2ccc(F)cc2)CC1)N1CCNCC1. The molecule has 25 heavy (non-hydrogen) atoms. The van der Waals surface area contributed by atoms with E-state index < -0.39 is 0 Å². The van der Waals surface area contributed by atoms with E-state index in [0.29, 0.717) is 18.2 Å². The fourth-order valence-corrected chi connectivity index (χ4v) is 3.69. The zero-order valence-corrected chi connectivity index (χ0v) is 15.6. The van der Waals surface area contributed by atoms with E-state index in [2.05, 4.69) is 10.2 Å². The minimum Gasteiger partial charge on any atom is -0.340 e. The molecule has 2 saturated heterocycles. The number of rotatable bonds is 5. The summed E-state index contributed by atoms with van der Waals surface area (Å²) in [6.45, 7) is 6.55. The van der Waals surface area contributed by atoms with Crippen LogP contribution in [-0.4, -0.2) is 61.5 Å². The van der Waals surface area contributed by atoms with Crippen LogP contribution in [0.25, 0.3) is 0 Å². The van der Waals surface area contributed by atoms with Crippen LogP contribution in [0, 0.1) is 11.7 Å². The van der Waals surface area contributed by atoms with E-state index in [1.807, 2.05) is 17.0 Å². The smallest absolute Gasteiger partial charge is 0.223 e. The molecule has 2 heterocycles. The lowest BCUT2D eigenvalue weighted by atomic mass is 9.90. The van der Waals surface area contributed by atoms with Crippen LogP contribution in [0.2, 0.25) is 0 Å². The molecule has 140 valence electrons. The fraction of sp³-hybridized carbons (Fsp3) is 0.632. The highest BCUT2D eigenvalue weighted by Gasteiger charge is 2.21. The standard InChI is InChI=1S/C19H28FN3O.ClH/c20-18-3-1-16(2-4-18)15-17-5-10-22(11-6-17)12-7-19(24)23-13-8-21-9-14-23;/h1-4,17,21H,5-15H2;1H. The van der Waals surface area contributed by atoms with Crippen LogP contribution in [0.4, 0.5) is 4.39 Å². The topological polar surface area (TPSA) is 35.6 Å². The summed E-state index contributed by atoms with van der Waals surface area (Å²) in [5.74, 6) is 0.809. The van der Waals surface area contributed by atoms with Gasteiger partial charge in [-0.25, -0.2) is 4.39 Å². The molecule has 0 aliphatic carbocycles. The number of hydrogen-bond donors (Lipinski definition) is 1. The van der Waals surface area contributed by atoms with E-state index in [9.17, 15) is 9.18 Å². The number of amides is 1. The number of carbonyl (C=O) groups excluding carboxylic acids is 1. The van der Waals surface area contributed by atoms with Crippen LogP contribution < -0.4 is 5.32 Å². The molecule has 0 spiro atoms. The number of hydrogen-bond acceptors (Lipinski definition) is 3. The molecular formula is C19H29ClFN3O. The van der Waals surface area contributed by atoms with Gasteiger partial charge < -0.3 is 15.1 Å². The Labute approximate surface area is 156 Å². The largest absolute Gasteiger partial charge is 0.340 e. The van der Waals surface area contributed by atoms with Gasteiger partial charge in [0, 0.05) is 39.1 Å². The second kappa shape index (κ2) is 10.1.